The van der Waals surface area contributed by atoms with Gasteiger partial charge in [-0.25, -0.2) is 4.79 Å². The maximum Gasteiger partial charge on any atom is 0.332 e. The molecule has 0 fully saturated rings. The summed E-state index contributed by atoms with van der Waals surface area (Å²) in [5.41, 5.74) is 0.318. The Morgan fingerprint density at radius 3 is 2.24 bits per heavy atom. The van der Waals surface area contributed by atoms with Gasteiger partial charge < -0.3 is 9.47 Å². The number of aromatic nitrogens is 4. The second-order valence-electron chi connectivity index (χ2n) is 7.26. The molecule has 2 aromatic carbocycles. The molecule has 0 atom stereocenters. The minimum Gasteiger partial charge on any atom is -0.488 e. The molecule has 0 aliphatic rings. The minimum absolute atomic E-state index is 0.107. The van der Waals surface area contributed by atoms with Crippen LogP contribution in [0.3, 0.4) is 0 Å². The van der Waals surface area contributed by atoms with Crippen LogP contribution >= 0.6 is 34.8 Å². The van der Waals surface area contributed by atoms with Gasteiger partial charge in [0, 0.05) is 24.1 Å². The zero-order chi connectivity index (χ0) is 23.7. The minimum atomic E-state index is -0.479. The Morgan fingerprint density at radius 2 is 1.55 bits per heavy atom. The molecule has 172 valence electrons. The number of benzene rings is 2. The number of aryl methyl sites for hydroxylation is 2. The highest BCUT2D eigenvalue weighted by atomic mass is 35.5. The van der Waals surface area contributed by atoms with Gasteiger partial charge in [0.05, 0.1) is 11.6 Å². The highest BCUT2D eigenvalue weighted by Gasteiger charge is 2.19. The van der Waals surface area contributed by atoms with Crippen molar-refractivity contribution in [1.29, 1.82) is 0 Å². The van der Waals surface area contributed by atoms with Crippen molar-refractivity contribution in [3.8, 4) is 11.8 Å². The quantitative estimate of drug-likeness (QED) is 0.353. The van der Waals surface area contributed by atoms with E-state index in [-0.39, 0.29) is 36.9 Å². The van der Waals surface area contributed by atoms with Crippen LogP contribution in [-0.2, 0) is 20.6 Å². The molecular formula is C22H19Cl3N4O4. The molecule has 0 aliphatic heterocycles. The Morgan fingerprint density at radius 1 is 0.879 bits per heavy atom. The smallest absolute Gasteiger partial charge is 0.332 e. The Kier molecular flexibility index (Phi) is 6.69. The highest BCUT2D eigenvalue weighted by molar-refractivity contribution is 6.35. The summed E-state index contributed by atoms with van der Waals surface area (Å²) in [5.74, 6) is 0.474. The Balaban J connectivity index is 1.56. The van der Waals surface area contributed by atoms with Crippen molar-refractivity contribution in [3.05, 3.63) is 83.9 Å². The van der Waals surface area contributed by atoms with Crippen LogP contribution in [0, 0.1) is 0 Å². The number of nitrogens with zero attached hydrogens (tertiary/aromatic N) is 4. The lowest BCUT2D eigenvalue weighted by atomic mass is 10.2. The monoisotopic (exact) mass is 508 g/mol. The van der Waals surface area contributed by atoms with Gasteiger partial charge in [-0.2, -0.15) is 4.98 Å². The third-order valence-corrected chi connectivity index (χ3v) is 5.82. The van der Waals surface area contributed by atoms with Crippen LogP contribution in [0.15, 0.2) is 52.1 Å². The predicted octanol–water partition coefficient (Wildman–Crippen LogP) is 3.90. The van der Waals surface area contributed by atoms with Gasteiger partial charge >= 0.3 is 5.69 Å². The van der Waals surface area contributed by atoms with Gasteiger partial charge in [-0.15, -0.1) is 0 Å². The van der Waals surface area contributed by atoms with E-state index in [1.807, 2.05) is 0 Å². The second kappa shape index (κ2) is 9.51. The molecule has 8 nitrogen and oxygen atoms in total. The van der Waals surface area contributed by atoms with Gasteiger partial charge in [0.2, 0.25) is 0 Å². The number of hydrogen-bond acceptors (Lipinski definition) is 5. The summed E-state index contributed by atoms with van der Waals surface area (Å²) in [5, 5.41) is 1.47. The topological polar surface area (TPSA) is 80.3 Å². The Hall–Kier alpha value is -2.94. The number of ether oxygens (including phenoxy) is 2. The van der Waals surface area contributed by atoms with Gasteiger partial charge in [-0.05, 0) is 35.9 Å². The average molecular weight is 510 g/mol. The van der Waals surface area contributed by atoms with E-state index in [2.05, 4.69) is 4.98 Å². The lowest BCUT2D eigenvalue weighted by molar-refractivity contribution is 0.203. The molecule has 2 heterocycles. The summed E-state index contributed by atoms with van der Waals surface area (Å²) < 4.78 is 15.3. The van der Waals surface area contributed by atoms with Crippen LogP contribution in [0.25, 0.3) is 11.2 Å². The number of hydrogen-bond donors (Lipinski definition) is 0. The SMILES string of the molecule is Cn1c(OCCOc2ccc(Cl)cc2Cl)nc2c1c(=O)n(Cc1ccc(Cl)cc1)c(=O)n2C. The molecule has 0 aliphatic carbocycles. The second-order valence-corrected chi connectivity index (χ2v) is 8.54. The van der Waals surface area contributed by atoms with E-state index in [0.29, 0.717) is 20.8 Å². The Bertz CT molecular complexity index is 1440. The molecular weight excluding hydrogens is 491 g/mol. The van der Waals surface area contributed by atoms with E-state index in [9.17, 15) is 9.59 Å². The van der Waals surface area contributed by atoms with Crippen LogP contribution in [0.4, 0.5) is 0 Å². The largest absolute Gasteiger partial charge is 0.488 e. The van der Waals surface area contributed by atoms with Crippen LogP contribution < -0.4 is 20.7 Å². The number of imidazole rings is 1. The molecule has 33 heavy (non-hydrogen) atoms. The number of fused-ring (bicyclic) bond motifs is 1. The van der Waals surface area contributed by atoms with E-state index in [4.69, 9.17) is 44.3 Å². The zero-order valence-electron chi connectivity index (χ0n) is 17.7. The van der Waals surface area contributed by atoms with Crippen molar-refractivity contribution >= 4 is 46.0 Å². The third kappa shape index (κ3) is 4.73. The van der Waals surface area contributed by atoms with Crippen molar-refractivity contribution in [1.82, 2.24) is 18.7 Å². The molecule has 0 saturated heterocycles. The molecule has 4 aromatic rings. The fourth-order valence-corrected chi connectivity index (χ4v) is 3.93. The zero-order valence-corrected chi connectivity index (χ0v) is 20.0. The molecule has 0 N–H and O–H groups in total. The summed E-state index contributed by atoms with van der Waals surface area (Å²) in [6.45, 7) is 0.434. The molecule has 2 aromatic heterocycles. The molecule has 0 amide bonds. The summed E-state index contributed by atoms with van der Waals surface area (Å²) in [7, 11) is 3.21. The molecule has 0 saturated carbocycles. The lowest BCUT2D eigenvalue weighted by Crippen LogP contribution is -2.39. The van der Waals surface area contributed by atoms with E-state index >= 15 is 0 Å². The summed E-state index contributed by atoms with van der Waals surface area (Å²) in [6, 6.07) is 12.1. The van der Waals surface area contributed by atoms with Gasteiger partial charge in [0.25, 0.3) is 11.6 Å². The first-order chi connectivity index (χ1) is 15.8. The molecule has 0 radical (unpaired) electrons. The van der Waals surface area contributed by atoms with E-state index in [1.165, 1.54) is 9.13 Å². The standard InChI is InChI=1S/C22H19Cl3N4O4/c1-27-18-19(26-21(27)33-10-9-32-17-8-7-15(24)11-16(17)25)28(2)22(31)29(20(18)30)12-13-3-5-14(23)6-4-13/h3-8,11H,9-10,12H2,1-2H3. The van der Waals surface area contributed by atoms with Gasteiger partial charge in [-0.3, -0.25) is 18.5 Å². The molecule has 0 bridgehead atoms. The summed E-state index contributed by atoms with van der Waals surface area (Å²) in [6.07, 6.45) is 0. The van der Waals surface area contributed by atoms with Gasteiger partial charge in [-0.1, -0.05) is 46.9 Å². The first kappa shape index (κ1) is 23.2. The highest BCUT2D eigenvalue weighted by Crippen LogP contribution is 2.27. The predicted molar refractivity (Wildman–Crippen MR) is 128 cm³/mol. The van der Waals surface area contributed by atoms with Crippen molar-refractivity contribution < 1.29 is 9.47 Å². The molecule has 0 unspecified atom stereocenters. The van der Waals surface area contributed by atoms with Gasteiger partial charge in [0.1, 0.15) is 19.0 Å². The fourth-order valence-electron chi connectivity index (χ4n) is 3.34. The maximum atomic E-state index is 13.1. The van der Waals surface area contributed by atoms with Crippen molar-refractivity contribution in [2.24, 2.45) is 14.1 Å². The first-order valence-electron chi connectivity index (χ1n) is 9.87. The van der Waals surface area contributed by atoms with Crippen LogP contribution in [-0.4, -0.2) is 31.9 Å². The van der Waals surface area contributed by atoms with Crippen molar-refractivity contribution in [2.45, 2.75) is 6.54 Å². The third-order valence-electron chi connectivity index (χ3n) is 5.04. The van der Waals surface area contributed by atoms with E-state index < -0.39 is 11.2 Å². The maximum absolute atomic E-state index is 13.1. The summed E-state index contributed by atoms with van der Waals surface area (Å²) in [4.78, 5) is 30.3. The molecule has 4 rings (SSSR count). The van der Waals surface area contributed by atoms with Crippen LogP contribution in [0.1, 0.15) is 5.56 Å². The Labute approximate surface area is 203 Å². The van der Waals surface area contributed by atoms with E-state index in [1.54, 1.807) is 56.6 Å². The number of halogens is 3. The fraction of sp³-hybridized carbons (Fsp3) is 0.227. The van der Waals surface area contributed by atoms with Crippen LogP contribution in [0.2, 0.25) is 15.1 Å². The lowest BCUT2D eigenvalue weighted by Gasteiger charge is -2.09. The normalized spacial score (nSPS) is 11.2. The van der Waals surface area contributed by atoms with E-state index in [0.717, 1.165) is 10.1 Å². The number of rotatable bonds is 7. The van der Waals surface area contributed by atoms with Crippen LogP contribution in [0.5, 0.6) is 11.8 Å². The average Bonchev–Trinajstić information content (AvgIpc) is 3.11. The van der Waals surface area contributed by atoms with Crippen molar-refractivity contribution in [2.75, 3.05) is 13.2 Å². The summed E-state index contributed by atoms with van der Waals surface area (Å²) >= 11 is 17.9. The van der Waals surface area contributed by atoms with Gasteiger partial charge in [0.15, 0.2) is 11.2 Å². The van der Waals surface area contributed by atoms with Crippen molar-refractivity contribution in [3.63, 3.8) is 0 Å². The molecule has 11 heteroatoms. The molecule has 0 spiro atoms. The first-order valence-corrected chi connectivity index (χ1v) is 11.0.